The molecule has 0 radical (unpaired) electrons. The van der Waals surface area contributed by atoms with E-state index in [2.05, 4.69) is 0 Å². The van der Waals surface area contributed by atoms with Crippen LogP contribution in [0.15, 0.2) is 30.3 Å². The molecule has 5 nitrogen and oxygen atoms in total. The number of nitrogens with zero attached hydrogens (tertiary/aromatic N) is 1. The van der Waals surface area contributed by atoms with Crippen LogP contribution in [0.2, 0.25) is 0 Å². The Labute approximate surface area is 110 Å². The van der Waals surface area contributed by atoms with E-state index in [-0.39, 0.29) is 37.7 Å². The Morgan fingerprint density at radius 1 is 1.16 bits per heavy atom. The summed E-state index contributed by atoms with van der Waals surface area (Å²) in [6.45, 7) is 0.411. The normalized spacial score (nSPS) is 26.7. The molecule has 2 heterocycles. The molecule has 1 atom stereocenters. The van der Waals surface area contributed by atoms with Crippen molar-refractivity contribution in [1.82, 2.24) is 4.90 Å². The summed E-state index contributed by atoms with van der Waals surface area (Å²) in [4.78, 5) is 37.2. The Kier molecular flexibility index (Phi) is 2.71. The maximum atomic E-state index is 12.3. The van der Waals surface area contributed by atoms with Crippen LogP contribution in [-0.2, 0) is 25.7 Å². The number of benzene rings is 1. The van der Waals surface area contributed by atoms with Crippen LogP contribution in [0.4, 0.5) is 0 Å². The van der Waals surface area contributed by atoms with E-state index in [9.17, 15) is 14.4 Å². The van der Waals surface area contributed by atoms with E-state index in [4.69, 9.17) is 4.74 Å². The number of amides is 2. The first kappa shape index (κ1) is 12.0. The summed E-state index contributed by atoms with van der Waals surface area (Å²) in [5.41, 5.74) is -0.669. The Balaban J connectivity index is 1.86. The lowest BCUT2D eigenvalue weighted by atomic mass is 9.97. The molecule has 0 aliphatic carbocycles. The molecule has 0 aromatic heterocycles. The Morgan fingerprint density at radius 2 is 1.89 bits per heavy atom. The fourth-order valence-electron chi connectivity index (χ4n) is 2.57. The molecule has 0 saturated carbocycles. The smallest absolute Gasteiger partial charge is 0.270 e. The number of hydrogen-bond acceptors (Lipinski definition) is 4. The minimum Gasteiger partial charge on any atom is -0.357 e. The van der Waals surface area contributed by atoms with Crippen molar-refractivity contribution in [3.05, 3.63) is 35.9 Å². The SMILES string of the molecule is O=C1C[C@@]2(OCCC2=O)C(=O)N1Cc1ccccc1. The lowest BCUT2D eigenvalue weighted by Crippen LogP contribution is -2.44. The number of rotatable bonds is 2. The van der Waals surface area contributed by atoms with Crippen molar-refractivity contribution < 1.29 is 19.1 Å². The molecule has 2 saturated heterocycles. The fraction of sp³-hybridized carbons (Fsp3) is 0.357. The number of carbonyl (C=O) groups is 3. The molecular weight excluding hydrogens is 246 g/mol. The molecule has 2 fully saturated rings. The van der Waals surface area contributed by atoms with Crippen LogP contribution in [-0.4, -0.2) is 34.7 Å². The second-order valence-electron chi connectivity index (χ2n) is 4.80. The second kappa shape index (κ2) is 4.28. The summed E-state index contributed by atoms with van der Waals surface area (Å²) in [5.74, 6) is -1.13. The Bertz CT molecular complexity index is 554. The highest BCUT2D eigenvalue weighted by Crippen LogP contribution is 2.35. The number of ketones is 1. The van der Waals surface area contributed by atoms with Crippen LogP contribution in [0.25, 0.3) is 0 Å². The monoisotopic (exact) mass is 259 g/mol. The fourth-order valence-corrected chi connectivity index (χ4v) is 2.57. The third kappa shape index (κ3) is 1.77. The van der Waals surface area contributed by atoms with Gasteiger partial charge in [0, 0.05) is 6.42 Å². The summed E-state index contributed by atoms with van der Waals surface area (Å²) >= 11 is 0. The molecule has 1 aromatic carbocycles. The molecule has 0 N–H and O–H groups in total. The van der Waals surface area contributed by atoms with Gasteiger partial charge >= 0.3 is 0 Å². The first-order valence-corrected chi connectivity index (χ1v) is 6.19. The van der Waals surface area contributed by atoms with Crippen LogP contribution in [0.1, 0.15) is 18.4 Å². The van der Waals surface area contributed by atoms with Gasteiger partial charge in [-0.2, -0.15) is 0 Å². The predicted octanol–water partition coefficient (Wildman–Crippen LogP) is 0.674. The summed E-state index contributed by atoms with van der Waals surface area (Å²) in [6, 6.07) is 9.22. The summed E-state index contributed by atoms with van der Waals surface area (Å²) in [6.07, 6.45) is 0.0513. The van der Waals surface area contributed by atoms with Crippen molar-refractivity contribution in [3.8, 4) is 0 Å². The zero-order valence-corrected chi connectivity index (χ0v) is 10.3. The highest BCUT2D eigenvalue weighted by atomic mass is 16.5. The van der Waals surface area contributed by atoms with Gasteiger partial charge in [0.1, 0.15) is 0 Å². The van der Waals surface area contributed by atoms with Crippen LogP contribution >= 0.6 is 0 Å². The zero-order chi connectivity index (χ0) is 13.5. The van der Waals surface area contributed by atoms with Gasteiger partial charge in [-0.05, 0) is 5.56 Å². The Morgan fingerprint density at radius 3 is 2.53 bits per heavy atom. The first-order chi connectivity index (χ1) is 9.13. The van der Waals surface area contributed by atoms with E-state index < -0.39 is 11.5 Å². The molecule has 2 aliphatic heterocycles. The lowest BCUT2D eigenvalue weighted by Gasteiger charge is -2.19. The van der Waals surface area contributed by atoms with E-state index in [1.165, 1.54) is 0 Å². The van der Waals surface area contributed by atoms with Gasteiger partial charge in [-0.3, -0.25) is 19.3 Å². The molecule has 2 aliphatic rings. The average molecular weight is 259 g/mol. The molecule has 0 bridgehead atoms. The second-order valence-corrected chi connectivity index (χ2v) is 4.80. The van der Waals surface area contributed by atoms with Crippen LogP contribution in [0.3, 0.4) is 0 Å². The van der Waals surface area contributed by atoms with Crippen LogP contribution in [0, 0.1) is 0 Å². The number of likely N-dealkylation sites (tertiary alicyclic amines) is 1. The largest absolute Gasteiger partial charge is 0.357 e. The third-order valence-electron chi connectivity index (χ3n) is 3.60. The molecule has 98 valence electrons. The molecule has 1 spiro atoms. The van der Waals surface area contributed by atoms with E-state index >= 15 is 0 Å². The molecule has 2 amide bonds. The number of hydrogen-bond donors (Lipinski definition) is 0. The van der Waals surface area contributed by atoms with Crippen LogP contribution in [0.5, 0.6) is 0 Å². The van der Waals surface area contributed by atoms with Gasteiger partial charge in [0.05, 0.1) is 19.6 Å². The van der Waals surface area contributed by atoms with E-state index in [1.54, 1.807) is 0 Å². The molecule has 3 rings (SSSR count). The summed E-state index contributed by atoms with van der Waals surface area (Å²) in [5, 5.41) is 0. The van der Waals surface area contributed by atoms with Gasteiger partial charge in [0.2, 0.25) is 11.5 Å². The van der Waals surface area contributed by atoms with Crippen molar-refractivity contribution in [1.29, 1.82) is 0 Å². The van der Waals surface area contributed by atoms with E-state index in [0.717, 1.165) is 10.5 Å². The highest BCUT2D eigenvalue weighted by Gasteiger charge is 2.59. The minimum atomic E-state index is -1.52. The molecular formula is C14H13NO4. The maximum absolute atomic E-state index is 12.3. The van der Waals surface area contributed by atoms with Crippen molar-refractivity contribution in [2.24, 2.45) is 0 Å². The predicted molar refractivity (Wildman–Crippen MR) is 64.9 cm³/mol. The number of Topliss-reactive ketones (excluding diaryl/α,β-unsaturated/α-hetero) is 1. The molecule has 19 heavy (non-hydrogen) atoms. The van der Waals surface area contributed by atoms with Gasteiger partial charge in [0.15, 0.2) is 5.78 Å². The van der Waals surface area contributed by atoms with Crippen molar-refractivity contribution in [2.75, 3.05) is 6.61 Å². The lowest BCUT2D eigenvalue weighted by molar-refractivity contribution is -0.151. The van der Waals surface area contributed by atoms with Gasteiger partial charge in [0.25, 0.3) is 5.91 Å². The molecule has 5 heteroatoms. The quantitative estimate of drug-likeness (QED) is 0.578. The van der Waals surface area contributed by atoms with Gasteiger partial charge in [-0.25, -0.2) is 0 Å². The van der Waals surface area contributed by atoms with Crippen molar-refractivity contribution in [3.63, 3.8) is 0 Å². The van der Waals surface area contributed by atoms with Crippen LogP contribution < -0.4 is 0 Å². The summed E-state index contributed by atoms with van der Waals surface area (Å²) < 4.78 is 5.30. The van der Waals surface area contributed by atoms with Gasteiger partial charge in [-0.15, -0.1) is 0 Å². The zero-order valence-electron chi connectivity index (χ0n) is 10.3. The standard InChI is InChI=1S/C14H13NO4/c16-11-6-7-19-14(11)8-12(17)15(13(14)18)9-10-4-2-1-3-5-10/h1-5H,6-9H2/t14-/m0/s1. The average Bonchev–Trinajstić information content (AvgIpc) is 2.88. The number of ether oxygens (including phenoxy) is 1. The van der Waals surface area contributed by atoms with Crippen molar-refractivity contribution >= 4 is 17.6 Å². The van der Waals surface area contributed by atoms with Crippen molar-refractivity contribution in [2.45, 2.75) is 25.0 Å². The Hall–Kier alpha value is -2.01. The highest BCUT2D eigenvalue weighted by molar-refractivity contribution is 6.21. The topological polar surface area (TPSA) is 63.7 Å². The van der Waals surface area contributed by atoms with Gasteiger partial charge < -0.3 is 4.74 Å². The molecule has 0 unspecified atom stereocenters. The van der Waals surface area contributed by atoms with Gasteiger partial charge in [-0.1, -0.05) is 30.3 Å². The minimum absolute atomic E-state index is 0.155. The van der Waals surface area contributed by atoms with E-state index in [1.807, 2.05) is 30.3 Å². The number of carbonyl (C=O) groups excluding carboxylic acids is 3. The third-order valence-corrected chi connectivity index (χ3v) is 3.60. The number of imide groups is 1. The molecule has 1 aromatic rings. The summed E-state index contributed by atoms with van der Waals surface area (Å²) in [7, 11) is 0. The maximum Gasteiger partial charge on any atom is 0.270 e. The first-order valence-electron chi connectivity index (χ1n) is 6.19. The van der Waals surface area contributed by atoms with E-state index in [0.29, 0.717) is 0 Å².